The van der Waals surface area contributed by atoms with Crippen molar-refractivity contribution >= 4 is 0 Å². The second-order valence-electron chi connectivity index (χ2n) is 3.98. The van der Waals surface area contributed by atoms with Gasteiger partial charge in [0.15, 0.2) is 0 Å². The predicted octanol–water partition coefficient (Wildman–Crippen LogP) is 0.614. The molecule has 1 fully saturated rings. The zero-order valence-electron chi connectivity index (χ0n) is 8.32. The Balaban J connectivity index is 1.79. The standard InChI is InChI=1S/C10H17N3O/c14-8-9-2-5-13(6-3-9)7-10-1-4-11-12-10/h1,4,9,14H,2-3,5-8H2,(H,11,12). The lowest BCUT2D eigenvalue weighted by Gasteiger charge is -2.30. The summed E-state index contributed by atoms with van der Waals surface area (Å²) in [4.78, 5) is 2.40. The van der Waals surface area contributed by atoms with E-state index in [4.69, 9.17) is 5.11 Å². The number of piperidine rings is 1. The lowest BCUT2D eigenvalue weighted by molar-refractivity contribution is 0.126. The fourth-order valence-electron chi connectivity index (χ4n) is 1.94. The van der Waals surface area contributed by atoms with Crippen LogP contribution in [0.2, 0.25) is 0 Å². The van der Waals surface area contributed by atoms with Crippen molar-refractivity contribution in [1.29, 1.82) is 0 Å². The molecular weight excluding hydrogens is 178 g/mol. The molecule has 4 nitrogen and oxygen atoms in total. The van der Waals surface area contributed by atoms with E-state index < -0.39 is 0 Å². The summed E-state index contributed by atoms with van der Waals surface area (Å²) < 4.78 is 0. The number of aliphatic hydroxyl groups excluding tert-OH is 1. The highest BCUT2D eigenvalue weighted by molar-refractivity contribution is 4.97. The fraction of sp³-hybridized carbons (Fsp3) is 0.700. The van der Waals surface area contributed by atoms with Crippen LogP contribution in [0.3, 0.4) is 0 Å². The van der Waals surface area contributed by atoms with E-state index in [0.717, 1.165) is 32.5 Å². The van der Waals surface area contributed by atoms with Crippen LogP contribution in [0.15, 0.2) is 12.3 Å². The van der Waals surface area contributed by atoms with Gasteiger partial charge in [-0.25, -0.2) is 0 Å². The molecule has 0 radical (unpaired) electrons. The number of hydrogen-bond donors (Lipinski definition) is 2. The quantitative estimate of drug-likeness (QED) is 0.743. The van der Waals surface area contributed by atoms with Crippen molar-refractivity contribution in [2.75, 3.05) is 19.7 Å². The van der Waals surface area contributed by atoms with E-state index in [1.165, 1.54) is 5.69 Å². The molecule has 0 atom stereocenters. The average molecular weight is 195 g/mol. The minimum absolute atomic E-state index is 0.345. The topological polar surface area (TPSA) is 52.1 Å². The van der Waals surface area contributed by atoms with Crippen LogP contribution in [0.5, 0.6) is 0 Å². The summed E-state index contributed by atoms with van der Waals surface area (Å²) in [5.41, 5.74) is 1.17. The van der Waals surface area contributed by atoms with Gasteiger partial charge >= 0.3 is 0 Å². The Bertz CT molecular complexity index is 252. The Morgan fingerprint density at radius 2 is 2.29 bits per heavy atom. The fourth-order valence-corrected chi connectivity index (χ4v) is 1.94. The Kier molecular flexibility index (Phi) is 3.16. The summed E-state index contributed by atoms with van der Waals surface area (Å²) in [6.45, 7) is 3.48. The first-order chi connectivity index (χ1) is 6.88. The maximum atomic E-state index is 9.00. The number of aromatic amines is 1. The van der Waals surface area contributed by atoms with Crippen LogP contribution in [0.25, 0.3) is 0 Å². The summed E-state index contributed by atoms with van der Waals surface area (Å²) >= 11 is 0. The number of nitrogens with zero attached hydrogens (tertiary/aromatic N) is 2. The van der Waals surface area contributed by atoms with Gasteiger partial charge in [-0.05, 0) is 37.9 Å². The summed E-state index contributed by atoms with van der Waals surface area (Å²) in [6, 6.07) is 2.01. The normalized spacial score (nSPS) is 20.1. The minimum atomic E-state index is 0.345. The second kappa shape index (κ2) is 4.57. The lowest BCUT2D eigenvalue weighted by Crippen LogP contribution is -2.34. The number of hydrogen-bond acceptors (Lipinski definition) is 3. The number of likely N-dealkylation sites (tertiary alicyclic amines) is 1. The van der Waals surface area contributed by atoms with Crippen LogP contribution in [0.4, 0.5) is 0 Å². The number of aromatic nitrogens is 2. The molecule has 2 heterocycles. The highest BCUT2D eigenvalue weighted by atomic mass is 16.3. The van der Waals surface area contributed by atoms with E-state index in [0.29, 0.717) is 12.5 Å². The first kappa shape index (κ1) is 9.68. The highest BCUT2D eigenvalue weighted by Crippen LogP contribution is 2.17. The van der Waals surface area contributed by atoms with Gasteiger partial charge in [-0.3, -0.25) is 10.00 Å². The number of H-pyrrole nitrogens is 1. The molecule has 1 aromatic rings. The van der Waals surface area contributed by atoms with Gasteiger partial charge in [-0.15, -0.1) is 0 Å². The molecule has 4 heteroatoms. The van der Waals surface area contributed by atoms with E-state index in [2.05, 4.69) is 15.1 Å². The van der Waals surface area contributed by atoms with Crippen molar-refractivity contribution in [3.05, 3.63) is 18.0 Å². The van der Waals surface area contributed by atoms with E-state index in [9.17, 15) is 0 Å². The van der Waals surface area contributed by atoms with Crippen molar-refractivity contribution in [3.8, 4) is 0 Å². The molecule has 0 amide bonds. The van der Waals surface area contributed by atoms with Crippen LogP contribution in [0.1, 0.15) is 18.5 Å². The number of aliphatic hydroxyl groups is 1. The second-order valence-corrected chi connectivity index (χ2v) is 3.98. The molecule has 1 aliphatic rings. The number of nitrogens with one attached hydrogen (secondary N) is 1. The Labute approximate surface area is 83.9 Å². The molecule has 0 bridgehead atoms. The van der Waals surface area contributed by atoms with Crippen LogP contribution in [-0.2, 0) is 6.54 Å². The van der Waals surface area contributed by atoms with E-state index in [1.807, 2.05) is 6.07 Å². The Morgan fingerprint density at radius 3 is 2.86 bits per heavy atom. The summed E-state index contributed by atoms with van der Waals surface area (Å²) in [7, 11) is 0. The zero-order valence-corrected chi connectivity index (χ0v) is 8.32. The van der Waals surface area contributed by atoms with Crippen LogP contribution >= 0.6 is 0 Å². The average Bonchev–Trinajstić information content (AvgIpc) is 2.72. The molecule has 0 unspecified atom stereocenters. The molecule has 78 valence electrons. The van der Waals surface area contributed by atoms with Gasteiger partial charge in [0.25, 0.3) is 0 Å². The molecule has 0 saturated carbocycles. The van der Waals surface area contributed by atoms with Crippen molar-refractivity contribution in [1.82, 2.24) is 15.1 Å². The molecule has 1 saturated heterocycles. The Morgan fingerprint density at radius 1 is 1.50 bits per heavy atom. The van der Waals surface area contributed by atoms with Crippen LogP contribution in [0, 0.1) is 5.92 Å². The highest BCUT2D eigenvalue weighted by Gasteiger charge is 2.18. The van der Waals surface area contributed by atoms with Gasteiger partial charge in [-0.1, -0.05) is 0 Å². The number of rotatable bonds is 3. The molecular formula is C10H17N3O. The van der Waals surface area contributed by atoms with Gasteiger partial charge in [0.1, 0.15) is 0 Å². The predicted molar refractivity (Wildman–Crippen MR) is 53.7 cm³/mol. The third-order valence-electron chi connectivity index (χ3n) is 2.92. The van der Waals surface area contributed by atoms with Crippen molar-refractivity contribution < 1.29 is 5.11 Å². The first-order valence-electron chi connectivity index (χ1n) is 5.20. The van der Waals surface area contributed by atoms with E-state index >= 15 is 0 Å². The van der Waals surface area contributed by atoms with Gasteiger partial charge < -0.3 is 5.11 Å². The maximum absolute atomic E-state index is 9.00. The van der Waals surface area contributed by atoms with Crippen molar-refractivity contribution in [2.24, 2.45) is 5.92 Å². The molecule has 1 aliphatic heterocycles. The van der Waals surface area contributed by atoms with Gasteiger partial charge in [0.2, 0.25) is 0 Å². The van der Waals surface area contributed by atoms with Crippen LogP contribution < -0.4 is 0 Å². The lowest BCUT2D eigenvalue weighted by atomic mass is 9.98. The third-order valence-corrected chi connectivity index (χ3v) is 2.92. The molecule has 0 spiro atoms. The largest absolute Gasteiger partial charge is 0.396 e. The maximum Gasteiger partial charge on any atom is 0.0492 e. The monoisotopic (exact) mass is 195 g/mol. The zero-order chi connectivity index (χ0) is 9.80. The molecule has 2 N–H and O–H groups in total. The molecule has 14 heavy (non-hydrogen) atoms. The molecule has 1 aromatic heterocycles. The molecule has 0 aromatic carbocycles. The molecule has 0 aliphatic carbocycles. The first-order valence-corrected chi connectivity index (χ1v) is 5.20. The summed E-state index contributed by atoms with van der Waals surface area (Å²) in [6.07, 6.45) is 4.02. The summed E-state index contributed by atoms with van der Waals surface area (Å²) in [5, 5.41) is 15.9. The smallest absolute Gasteiger partial charge is 0.0492 e. The van der Waals surface area contributed by atoms with Gasteiger partial charge in [0.05, 0.1) is 0 Å². The van der Waals surface area contributed by atoms with Crippen molar-refractivity contribution in [3.63, 3.8) is 0 Å². The summed E-state index contributed by atoms with van der Waals surface area (Å²) in [5.74, 6) is 0.521. The van der Waals surface area contributed by atoms with E-state index in [1.54, 1.807) is 6.20 Å². The van der Waals surface area contributed by atoms with Gasteiger partial charge in [-0.2, -0.15) is 5.10 Å². The molecule has 2 rings (SSSR count). The SMILES string of the molecule is OCC1CCN(Cc2ccn[nH]2)CC1. The minimum Gasteiger partial charge on any atom is -0.396 e. The van der Waals surface area contributed by atoms with Crippen LogP contribution in [-0.4, -0.2) is 39.9 Å². The van der Waals surface area contributed by atoms with Crippen molar-refractivity contribution in [2.45, 2.75) is 19.4 Å². The van der Waals surface area contributed by atoms with E-state index in [-0.39, 0.29) is 0 Å². The van der Waals surface area contributed by atoms with Gasteiger partial charge in [0, 0.05) is 25.0 Å². The Hall–Kier alpha value is -0.870. The third kappa shape index (κ3) is 2.33.